The van der Waals surface area contributed by atoms with Gasteiger partial charge in [-0.2, -0.15) is 0 Å². The highest BCUT2D eigenvalue weighted by molar-refractivity contribution is 7.99. The second-order valence-electron chi connectivity index (χ2n) is 7.44. The topological polar surface area (TPSA) is 106 Å². The van der Waals surface area contributed by atoms with E-state index in [9.17, 15) is 9.59 Å². The van der Waals surface area contributed by atoms with Gasteiger partial charge in [-0.25, -0.2) is 0 Å². The number of benzene rings is 2. The van der Waals surface area contributed by atoms with E-state index in [0.29, 0.717) is 22.4 Å². The summed E-state index contributed by atoms with van der Waals surface area (Å²) in [6.07, 6.45) is 4.27. The molecule has 0 saturated heterocycles. The van der Waals surface area contributed by atoms with Crippen molar-refractivity contribution < 1.29 is 18.7 Å². The fraction of sp³-hybridized carbons (Fsp3) is 0.304. The van der Waals surface area contributed by atoms with Gasteiger partial charge in [-0.3, -0.25) is 9.59 Å². The minimum Gasteiger partial charge on any atom is -0.497 e. The highest BCUT2D eigenvalue weighted by Gasteiger charge is 2.20. The number of rotatable bonds is 8. The number of thioether (sulfide) groups is 1. The number of aromatic nitrogens is 2. The lowest BCUT2D eigenvalue weighted by Crippen LogP contribution is -2.33. The fourth-order valence-electron chi connectivity index (χ4n) is 3.56. The Morgan fingerprint density at radius 1 is 1.09 bits per heavy atom. The molecule has 1 aliphatic carbocycles. The Morgan fingerprint density at radius 2 is 1.84 bits per heavy atom. The van der Waals surface area contributed by atoms with Crippen LogP contribution in [0.1, 0.15) is 36.0 Å². The number of nitrogens with one attached hydrogen (secondary N) is 2. The van der Waals surface area contributed by atoms with Crippen LogP contribution >= 0.6 is 11.8 Å². The van der Waals surface area contributed by atoms with Crippen molar-refractivity contribution in [1.29, 1.82) is 0 Å². The molecule has 0 spiro atoms. The van der Waals surface area contributed by atoms with Gasteiger partial charge in [-0.05, 0) is 49.2 Å². The summed E-state index contributed by atoms with van der Waals surface area (Å²) in [5.74, 6) is 0.742. The number of hydrogen-bond acceptors (Lipinski definition) is 7. The molecule has 1 saturated carbocycles. The highest BCUT2D eigenvalue weighted by Crippen LogP contribution is 2.25. The average molecular weight is 453 g/mol. The van der Waals surface area contributed by atoms with Gasteiger partial charge in [0.25, 0.3) is 11.1 Å². The summed E-state index contributed by atoms with van der Waals surface area (Å²) in [7, 11) is 1.60. The van der Waals surface area contributed by atoms with Crippen molar-refractivity contribution in [1.82, 2.24) is 15.5 Å². The van der Waals surface area contributed by atoms with Gasteiger partial charge < -0.3 is 19.8 Å². The van der Waals surface area contributed by atoms with E-state index in [1.165, 1.54) is 0 Å². The summed E-state index contributed by atoms with van der Waals surface area (Å²) >= 11 is 1.13. The number of carbonyl (C=O) groups is 2. The molecule has 1 aromatic heterocycles. The third-order valence-electron chi connectivity index (χ3n) is 5.21. The molecule has 166 valence electrons. The van der Waals surface area contributed by atoms with Crippen molar-refractivity contribution in [3.8, 4) is 17.2 Å². The van der Waals surface area contributed by atoms with Crippen LogP contribution in [-0.4, -0.2) is 40.9 Å². The van der Waals surface area contributed by atoms with E-state index in [1.807, 2.05) is 12.1 Å². The predicted octanol–water partition coefficient (Wildman–Crippen LogP) is 4.15. The third-order valence-corrected chi connectivity index (χ3v) is 6.02. The highest BCUT2D eigenvalue weighted by atomic mass is 32.2. The average Bonchev–Trinajstić information content (AvgIpc) is 3.50. The van der Waals surface area contributed by atoms with Crippen molar-refractivity contribution in [2.75, 3.05) is 18.2 Å². The molecule has 2 amide bonds. The van der Waals surface area contributed by atoms with Gasteiger partial charge >= 0.3 is 0 Å². The summed E-state index contributed by atoms with van der Waals surface area (Å²) in [5, 5.41) is 14.2. The zero-order valence-electron chi connectivity index (χ0n) is 17.7. The van der Waals surface area contributed by atoms with E-state index in [4.69, 9.17) is 9.15 Å². The molecule has 3 aromatic rings. The molecule has 0 bridgehead atoms. The van der Waals surface area contributed by atoms with Crippen LogP contribution in [0, 0.1) is 0 Å². The van der Waals surface area contributed by atoms with Crippen molar-refractivity contribution in [3.05, 3.63) is 54.1 Å². The van der Waals surface area contributed by atoms with Gasteiger partial charge in [0.05, 0.1) is 24.1 Å². The number of nitrogens with zero attached hydrogens (tertiary/aromatic N) is 2. The molecule has 0 radical (unpaired) electrons. The molecule has 1 aliphatic rings. The lowest BCUT2D eigenvalue weighted by Gasteiger charge is -2.14. The minimum atomic E-state index is -0.264. The lowest BCUT2D eigenvalue weighted by atomic mass is 10.1. The van der Waals surface area contributed by atoms with Gasteiger partial charge in [0, 0.05) is 11.6 Å². The SMILES string of the molecule is COc1ccc(-c2nnc(SCC(=O)Nc3ccccc3C(=O)NC3CCCC3)o2)cc1. The zero-order valence-corrected chi connectivity index (χ0v) is 18.5. The molecule has 0 unspecified atom stereocenters. The number of hydrogen-bond donors (Lipinski definition) is 2. The van der Waals surface area contributed by atoms with Crippen LogP contribution in [0.3, 0.4) is 0 Å². The van der Waals surface area contributed by atoms with Crippen LogP contribution < -0.4 is 15.4 Å². The van der Waals surface area contributed by atoms with Crippen LogP contribution in [-0.2, 0) is 4.79 Å². The lowest BCUT2D eigenvalue weighted by molar-refractivity contribution is -0.113. The molecular formula is C23H24N4O4S. The first-order valence-corrected chi connectivity index (χ1v) is 11.4. The molecule has 2 N–H and O–H groups in total. The molecular weight excluding hydrogens is 428 g/mol. The van der Waals surface area contributed by atoms with E-state index < -0.39 is 0 Å². The molecule has 1 heterocycles. The smallest absolute Gasteiger partial charge is 0.277 e. The largest absolute Gasteiger partial charge is 0.497 e. The molecule has 8 nitrogen and oxygen atoms in total. The van der Waals surface area contributed by atoms with Crippen LogP contribution in [0.5, 0.6) is 5.75 Å². The van der Waals surface area contributed by atoms with Crippen molar-refractivity contribution in [2.45, 2.75) is 36.9 Å². The maximum Gasteiger partial charge on any atom is 0.277 e. The monoisotopic (exact) mass is 452 g/mol. The van der Waals surface area contributed by atoms with Crippen molar-refractivity contribution >= 4 is 29.3 Å². The number of ether oxygens (including phenoxy) is 1. The zero-order chi connectivity index (χ0) is 22.3. The van der Waals surface area contributed by atoms with E-state index in [1.54, 1.807) is 43.5 Å². The summed E-state index contributed by atoms with van der Waals surface area (Å²) in [6, 6.07) is 14.5. The number of carbonyl (C=O) groups excluding carboxylic acids is 2. The molecule has 0 atom stereocenters. The molecule has 0 aliphatic heterocycles. The summed E-state index contributed by atoms with van der Waals surface area (Å²) < 4.78 is 10.8. The van der Waals surface area contributed by atoms with Crippen LogP contribution in [0.4, 0.5) is 5.69 Å². The summed E-state index contributed by atoms with van der Waals surface area (Å²) in [4.78, 5) is 25.1. The Hall–Kier alpha value is -3.33. The molecule has 1 fully saturated rings. The quantitative estimate of drug-likeness (QED) is 0.495. The Labute approximate surface area is 190 Å². The molecule has 32 heavy (non-hydrogen) atoms. The van der Waals surface area contributed by atoms with Gasteiger partial charge in [-0.15, -0.1) is 10.2 Å². The predicted molar refractivity (Wildman–Crippen MR) is 122 cm³/mol. The second-order valence-corrected chi connectivity index (χ2v) is 8.37. The van der Waals surface area contributed by atoms with Crippen LogP contribution in [0.15, 0.2) is 58.2 Å². The van der Waals surface area contributed by atoms with Gasteiger partial charge in [-0.1, -0.05) is 36.7 Å². The number of para-hydroxylation sites is 1. The first kappa shape index (κ1) is 21.9. The normalized spacial score (nSPS) is 13.7. The first-order chi connectivity index (χ1) is 15.6. The standard InChI is InChI=1S/C23H24N4O4S/c1-30-17-12-10-15(11-13-17)22-26-27-23(31-22)32-14-20(28)25-19-9-5-4-8-18(19)21(29)24-16-6-2-3-7-16/h4-5,8-13,16H,2-3,6-7,14H2,1H3,(H,24,29)(H,25,28). The van der Waals surface area contributed by atoms with E-state index in [2.05, 4.69) is 20.8 Å². The Kier molecular flexibility index (Phi) is 7.06. The Balaban J connectivity index is 1.33. The Bertz CT molecular complexity index is 1080. The molecule has 2 aromatic carbocycles. The van der Waals surface area contributed by atoms with E-state index >= 15 is 0 Å². The number of methoxy groups -OCH3 is 1. The van der Waals surface area contributed by atoms with E-state index in [0.717, 1.165) is 48.8 Å². The summed E-state index contributed by atoms with van der Waals surface area (Å²) in [5.41, 5.74) is 1.70. The maximum atomic E-state index is 12.7. The molecule has 4 rings (SSSR count). The second kappa shape index (κ2) is 10.3. The van der Waals surface area contributed by atoms with E-state index in [-0.39, 0.29) is 23.6 Å². The number of anilines is 1. The van der Waals surface area contributed by atoms with Gasteiger partial charge in [0.15, 0.2) is 0 Å². The minimum absolute atomic E-state index is 0.0722. The first-order valence-electron chi connectivity index (χ1n) is 10.4. The Morgan fingerprint density at radius 3 is 2.59 bits per heavy atom. The maximum absolute atomic E-state index is 12.7. The summed E-state index contributed by atoms with van der Waals surface area (Å²) in [6.45, 7) is 0. The molecule has 9 heteroatoms. The number of amides is 2. The van der Waals surface area contributed by atoms with Crippen LogP contribution in [0.2, 0.25) is 0 Å². The van der Waals surface area contributed by atoms with Gasteiger partial charge in [0.1, 0.15) is 5.75 Å². The third kappa shape index (κ3) is 5.47. The van der Waals surface area contributed by atoms with Crippen molar-refractivity contribution in [3.63, 3.8) is 0 Å². The van der Waals surface area contributed by atoms with Gasteiger partial charge in [0.2, 0.25) is 11.8 Å². The van der Waals surface area contributed by atoms with Crippen molar-refractivity contribution in [2.24, 2.45) is 0 Å². The fourth-order valence-corrected chi connectivity index (χ4v) is 4.12. The van der Waals surface area contributed by atoms with Crippen LogP contribution in [0.25, 0.3) is 11.5 Å².